The number of hydrogen-bond donors (Lipinski definition) is 0. The van der Waals surface area contributed by atoms with Gasteiger partial charge in [-0.3, -0.25) is 9.59 Å². The zero-order valence-electron chi connectivity index (χ0n) is 22.6. The van der Waals surface area contributed by atoms with E-state index in [1.165, 1.54) is 0 Å². The largest absolute Gasteiger partial charge is 0.461 e. The van der Waals surface area contributed by atoms with Gasteiger partial charge in [0.15, 0.2) is 0 Å². The SMILES string of the molecule is Cc1oc2cc3oc(=O)c(CCC(=O)N4C[C@@H]5C[C@@H](C4)c4cccc(=O)n4C5)c(C)c3cc2c1-c1ccccc1. The molecule has 1 amide bonds. The van der Waals surface area contributed by atoms with Gasteiger partial charge in [-0.25, -0.2) is 4.79 Å². The van der Waals surface area contributed by atoms with E-state index < -0.39 is 5.63 Å². The highest BCUT2D eigenvalue weighted by Gasteiger charge is 2.36. The standard InChI is InChI=1S/C33H30N2O5/c1-19-24(11-12-30(36)34-16-21-13-23(18-34)27-9-6-10-31(37)35(27)17-21)33(38)40-28-15-29-26(14-25(19)28)32(20(2)39-29)22-7-4-3-5-8-22/h3-10,14-15,21,23H,11-13,16-18H2,1-2H3/t21-,23-/m0/s1. The second-order valence-corrected chi connectivity index (χ2v) is 11.2. The summed E-state index contributed by atoms with van der Waals surface area (Å²) in [6.07, 6.45) is 1.55. The van der Waals surface area contributed by atoms with E-state index in [4.69, 9.17) is 8.83 Å². The van der Waals surface area contributed by atoms with Gasteiger partial charge in [-0.1, -0.05) is 36.4 Å². The van der Waals surface area contributed by atoms with Gasteiger partial charge in [0.25, 0.3) is 5.56 Å². The van der Waals surface area contributed by atoms with Crippen LogP contribution in [-0.4, -0.2) is 28.5 Å². The molecule has 0 unspecified atom stereocenters. The zero-order chi connectivity index (χ0) is 27.5. The molecule has 2 aliphatic rings. The van der Waals surface area contributed by atoms with Crippen LogP contribution in [0.25, 0.3) is 33.1 Å². The molecule has 1 saturated heterocycles. The molecule has 1 fully saturated rings. The van der Waals surface area contributed by atoms with Crippen LogP contribution in [0, 0.1) is 19.8 Å². The second-order valence-electron chi connectivity index (χ2n) is 11.2. The molecule has 7 rings (SSSR count). The number of carbonyl (C=O) groups excluding carboxylic acids is 1. The van der Waals surface area contributed by atoms with E-state index in [9.17, 15) is 14.4 Å². The predicted molar refractivity (Wildman–Crippen MR) is 154 cm³/mol. The number of benzene rings is 2. The third kappa shape index (κ3) is 3.99. The van der Waals surface area contributed by atoms with Crippen LogP contribution in [0.4, 0.5) is 0 Å². The van der Waals surface area contributed by atoms with Crippen molar-refractivity contribution < 1.29 is 13.6 Å². The molecule has 2 aliphatic heterocycles. The summed E-state index contributed by atoms with van der Waals surface area (Å²) in [5.74, 6) is 1.27. The van der Waals surface area contributed by atoms with E-state index in [0.29, 0.717) is 42.8 Å². The van der Waals surface area contributed by atoms with Crippen LogP contribution in [-0.2, 0) is 17.8 Å². The number of piperidine rings is 1. The minimum Gasteiger partial charge on any atom is -0.461 e. The first-order valence-electron chi connectivity index (χ1n) is 13.9. The Labute approximate surface area is 230 Å². The van der Waals surface area contributed by atoms with E-state index in [0.717, 1.165) is 45.3 Å². The van der Waals surface area contributed by atoms with Crippen molar-refractivity contribution in [1.82, 2.24) is 9.47 Å². The molecule has 5 heterocycles. The highest BCUT2D eigenvalue weighted by Crippen LogP contribution is 2.38. The van der Waals surface area contributed by atoms with Crippen molar-refractivity contribution in [3.63, 3.8) is 0 Å². The average molecular weight is 535 g/mol. The highest BCUT2D eigenvalue weighted by molar-refractivity contribution is 6.03. The Bertz CT molecular complexity index is 1910. The summed E-state index contributed by atoms with van der Waals surface area (Å²) >= 11 is 0. The van der Waals surface area contributed by atoms with Crippen molar-refractivity contribution >= 4 is 27.8 Å². The number of likely N-dealkylation sites (tertiary alicyclic amines) is 1. The van der Waals surface area contributed by atoms with Gasteiger partial charge in [0.1, 0.15) is 16.9 Å². The first-order chi connectivity index (χ1) is 19.4. The molecule has 3 aromatic heterocycles. The third-order valence-electron chi connectivity index (χ3n) is 8.76. The number of carbonyl (C=O) groups is 1. The molecule has 0 spiro atoms. The molecular weight excluding hydrogens is 504 g/mol. The number of aryl methyl sites for hydroxylation is 2. The summed E-state index contributed by atoms with van der Waals surface area (Å²) < 4.78 is 13.7. The molecule has 0 saturated carbocycles. The molecule has 0 aliphatic carbocycles. The number of rotatable bonds is 4. The predicted octanol–water partition coefficient (Wildman–Crippen LogP) is 5.56. The molecule has 7 heteroatoms. The number of aromatic nitrogens is 1. The highest BCUT2D eigenvalue weighted by atomic mass is 16.4. The zero-order valence-corrected chi connectivity index (χ0v) is 22.6. The topological polar surface area (TPSA) is 85.7 Å². The van der Waals surface area contributed by atoms with Crippen molar-refractivity contribution in [2.75, 3.05) is 13.1 Å². The van der Waals surface area contributed by atoms with E-state index in [1.807, 2.05) is 53.6 Å². The Morgan fingerprint density at radius 1 is 0.900 bits per heavy atom. The number of amides is 1. The fourth-order valence-corrected chi connectivity index (χ4v) is 6.84. The number of furan rings is 1. The summed E-state index contributed by atoms with van der Waals surface area (Å²) in [4.78, 5) is 40.7. The average Bonchev–Trinajstić information content (AvgIpc) is 3.27. The van der Waals surface area contributed by atoms with Crippen LogP contribution in [0.1, 0.15) is 41.3 Å². The number of fused-ring (bicyclic) bond motifs is 6. The minimum absolute atomic E-state index is 0.0317. The van der Waals surface area contributed by atoms with Crippen molar-refractivity contribution in [3.05, 3.63) is 104 Å². The summed E-state index contributed by atoms with van der Waals surface area (Å²) in [7, 11) is 0. The lowest BCUT2D eigenvalue weighted by atomic mass is 9.83. The van der Waals surface area contributed by atoms with Gasteiger partial charge in [-0.15, -0.1) is 0 Å². The van der Waals surface area contributed by atoms with Crippen molar-refractivity contribution in [3.8, 4) is 11.1 Å². The Kier molecular flexibility index (Phi) is 5.77. The van der Waals surface area contributed by atoms with Crippen LogP contribution in [0.2, 0.25) is 0 Å². The van der Waals surface area contributed by atoms with Gasteiger partial charge < -0.3 is 18.3 Å². The van der Waals surface area contributed by atoms with Gasteiger partial charge in [0.2, 0.25) is 5.91 Å². The lowest BCUT2D eigenvalue weighted by Gasteiger charge is -2.42. The fourth-order valence-electron chi connectivity index (χ4n) is 6.84. The molecule has 5 aromatic rings. The lowest BCUT2D eigenvalue weighted by molar-refractivity contribution is -0.133. The van der Waals surface area contributed by atoms with E-state index in [2.05, 4.69) is 12.1 Å². The first-order valence-corrected chi connectivity index (χ1v) is 13.9. The minimum atomic E-state index is -0.410. The van der Waals surface area contributed by atoms with Crippen LogP contribution in [0.5, 0.6) is 0 Å². The van der Waals surface area contributed by atoms with Crippen LogP contribution < -0.4 is 11.2 Å². The Balaban J connectivity index is 1.17. The lowest BCUT2D eigenvalue weighted by Crippen LogP contribution is -2.49. The van der Waals surface area contributed by atoms with E-state index in [1.54, 1.807) is 18.2 Å². The Morgan fingerprint density at radius 2 is 1.70 bits per heavy atom. The van der Waals surface area contributed by atoms with Crippen molar-refractivity contribution in [2.24, 2.45) is 5.92 Å². The maximum atomic E-state index is 13.4. The maximum absolute atomic E-state index is 13.4. The van der Waals surface area contributed by atoms with E-state index in [-0.39, 0.29) is 29.7 Å². The molecule has 202 valence electrons. The summed E-state index contributed by atoms with van der Waals surface area (Å²) in [6, 6.07) is 19.3. The van der Waals surface area contributed by atoms with Crippen molar-refractivity contribution in [1.29, 1.82) is 0 Å². The van der Waals surface area contributed by atoms with Crippen LogP contribution in [0.15, 0.2) is 79.1 Å². The molecule has 2 atom stereocenters. The first kappa shape index (κ1) is 24.6. The molecule has 40 heavy (non-hydrogen) atoms. The maximum Gasteiger partial charge on any atom is 0.339 e. The molecule has 2 bridgehead atoms. The summed E-state index contributed by atoms with van der Waals surface area (Å²) in [6.45, 7) is 5.76. The molecule has 0 N–H and O–H groups in total. The number of pyridine rings is 1. The third-order valence-corrected chi connectivity index (χ3v) is 8.76. The van der Waals surface area contributed by atoms with Crippen molar-refractivity contribution in [2.45, 2.75) is 45.6 Å². The quantitative estimate of drug-likeness (QED) is 0.282. The van der Waals surface area contributed by atoms with Crippen LogP contribution in [0.3, 0.4) is 0 Å². The second kappa shape index (κ2) is 9.37. The van der Waals surface area contributed by atoms with Crippen LogP contribution >= 0.6 is 0 Å². The molecule has 0 radical (unpaired) electrons. The number of hydrogen-bond acceptors (Lipinski definition) is 5. The van der Waals surface area contributed by atoms with E-state index >= 15 is 0 Å². The normalized spacial score (nSPS) is 18.3. The Hall–Kier alpha value is -4.39. The summed E-state index contributed by atoms with van der Waals surface area (Å²) in [5, 5.41) is 1.82. The van der Waals surface area contributed by atoms with Gasteiger partial charge in [-0.2, -0.15) is 0 Å². The van der Waals surface area contributed by atoms with Gasteiger partial charge >= 0.3 is 5.63 Å². The van der Waals surface area contributed by atoms with Gasteiger partial charge in [0.05, 0.1) is 0 Å². The van der Waals surface area contributed by atoms with Gasteiger partial charge in [-0.05, 0) is 55.9 Å². The summed E-state index contributed by atoms with van der Waals surface area (Å²) in [5.41, 5.74) is 5.26. The molecule has 2 aromatic carbocycles. The molecular formula is C33H30N2O5. The smallest absolute Gasteiger partial charge is 0.339 e. The monoisotopic (exact) mass is 534 g/mol. The Morgan fingerprint density at radius 3 is 2.52 bits per heavy atom. The molecule has 7 nitrogen and oxygen atoms in total. The van der Waals surface area contributed by atoms with Gasteiger partial charge in [0, 0.05) is 71.7 Å². The fraction of sp³-hybridized carbons (Fsp3) is 0.303. The number of nitrogens with zero attached hydrogens (tertiary/aromatic N) is 2.